The second kappa shape index (κ2) is 7.08. The second-order valence-corrected chi connectivity index (χ2v) is 10.2. The lowest BCUT2D eigenvalue weighted by Gasteiger charge is -2.38. The summed E-state index contributed by atoms with van der Waals surface area (Å²) in [6.07, 6.45) is 0.791. The number of benzene rings is 2. The SMILES string of the molecule is Cc1ccc(S(=O)(=O)C2(C(=O)N3CCN(c4ccccc4Cl)CC3)CC2)cc1. The van der Waals surface area contributed by atoms with Crippen molar-refractivity contribution < 1.29 is 13.2 Å². The number of nitrogens with zero attached hydrogens (tertiary/aromatic N) is 2. The van der Waals surface area contributed by atoms with Crippen LogP contribution in [0.3, 0.4) is 0 Å². The van der Waals surface area contributed by atoms with Gasteiger partial charge >= 0.3 is 0 Å². The minimum Gasteiger partial charge on any atom is -0.367 e. The van der Waals surface area contributed by atoms with Crippen LogP contribution in [-0.4, -0.2) is 50.2 Å². The van der Waals surface area contributed by atoms with Gasteiger partial charge in [0.05, 0.1) is 15.6 Å². The van der Waals surface area contributed by atoms with Crippen LogP contribution in [0.1, 0.15) is 18.4 Å². The van der Waals surface area contributed by atoms with Gasteiger partial charge < -0.3 is 9.80 Å². The van der Waals surface area contributed by atoms with Gasteiger partial charge in [-0.1, -0.05) is 41.4 Å². The Bertz CT molecular complexity index is 993. The molecular formula is C21H23ClN2O3S. The zero-order valence-electron chi connectivity index (χ0n) is 15.8. The Labute approximate surface area is 170 Å². The van der Waals surface area contributed by atoms with E-state index in [1.807, 2.05) is 31.2 Å². The number of amides is 1. The molecule has 7 heteroatoms. The molecule has 4 rings (SSSR count). The zero-order chi connectivity index (χ0) is 19.9. The minimum atomic E-state index is -3.69. The third-order valence-corrected chi connectivity index (χ3v) is 8.52. The number of hydrogen-bond acceptors (Lipinski definition) is 4. The summed E-state index contributed by atoms with van der Waals surface area (Å²) in [6, 6.07) is 14.4. The third kappa shape index (κ3) is 3.18. The smallest absolute Gasteiger partial charge is 0.244 e. The van der Waals surface area contributed by atoms with E-state index in [9.17, 15) is 13.2 Å². The number of anilines is 1. The highest BCUT2D eigenvalue weighted by molar-refractivity contribution is 7.94. The van der Waals surface area contributed by atoms with Gasteiger partial charge in [-0.2, -0.15) is 0 Å². The molecule has 28 heavy (non-hydrogen) atoms. The first-order valence-electron chi connectivity index (χ1n) is 9.45. The molecule has 2 aromatic rings. The molecule has 1 aliphatic heterocycles. The molecule has 1 heterocycles. The van der Waals surface area contributed by atoms with Crippen molar-refractivity contribution in [3.05, 3.63) is 59.1 Å². The van der Waals surface area contributed by atoms with E-state index in [2.05, 4.69) is 4.90 Å². The van der Waals surface area contributed by atoms with E-state index in [1.54, 1.807) is 29.2 Å². The van der Waals surface area contributed by atoms with Crippen molar-refractivity contribution in [2.24, 2.45) is 0 Å². The number of aryl methyl sites for hydroxylation is 1. The number of hydrogen-bond donors (Lipinski definition) is 0. The zero-order valence-corrected chi connectivity index (χ0v) is 17.3. The summed E-state index contributed by atoms with van der Waals surface area (Å²) in [5, 5.41) is 0.683. The molecule has 0 spiro atoms. The van der Waals surface area contributed by atoms with Crippen molar-refractivity contribution in [2.45, 2.75) is 29.4 Å². The van der Waals surface area contributed by atoms with Crippen LogP contribution >= 0.6 is 11.6 Å². The fourth-order valence-electron chi connectivity index (χ4n) is 3.80. The van der Waals surface area contributed by atoms with E-state index >= 15 is 0 Å². The maximum absolute atomic E-state index is 13.2. The van der Waals surface area contributed by atoms with Crippen molar-refractivity contribution in [2.75, 3.05) is 31.1 Å². The van der Waals surface area contributed by atoms with Crippen LogP contribution in [0.15, 0.2) is 53.4 Å². The van der Waals surface area contributed by atoms with Gasteiger partial charge in [-0.15, -0.1) is 0 Å². The number of rotatable bonds is 4. The van der Waals surface area contributed by atoms with Crippen molar-refractivity contribution in [1.82, 2.24) is 4.90 Å². The van der Waals surface area contributed by atoms with Crippen molar-refractivity contribution >= 4 is 33.0 Å². The maximum Gasteiger partial charge on any atom is 0.244 e. The monoisotopic (exact) mass is 418 g/mol. The number of sulfone groups is 1. The van der Waals surface area contributed by atoms with Gasteiger partial charge in [-0.3, -0.25) is 4.79 Å². The van der Waals surface area contributed by atoms with Crippen molar-refractivity contribution in [3.63, 3.8) is 0 Å². The largest absolute Gasteiger partial charge is 0.367 e. The molecule has 5 nitrogen and oxygen atoms in total. The number of para-hydroxylation sites is 1. The molecule has 1 aliphatic carbocycles. The normalized spacial score (nSPS) is 18.8. The summed E-state index contributed by atoms with van der Waals surface area (Å²) in [5.74, 6) is -0.258. The highest BCUT2D eigenvalue weighted by Gasteiger charge is 2.62. The first kappa shape index (κ1) is 19.3. The molecule has 0 atom stereocenters. The molecule has 1 saturated heterocycles. The Hall–Kier alpha value is -2.05. The molecule has 0 bridgehead atoms. The van der Waals surface area contributed by atoms with Gasteiger partial charge in [0.25, 0.3) is 0 Å². The lowest BCUT2D eigenvalue weighted by atomic mass is 10.2. The summed E-state index contributed by atoms with van der Waals surface area (Å²) >= 11 is 6.28. The van der Waals surface area contributed by atoms with E-state index in [-0.39, 0.29) is 10.8 Å². The number of carbonyl (C=O) groups excluding carboxylic acids is 1. The second-order valence-electron chi connectivity index (χ2n) is 7.54. The predicted octanol–water partition coefficient (Wildman–Crippen LogP) is 3.30. The number of piperazine rings is 1. The molecule has 2 fully saturated rings. The maximum atomic E-state index is 13.2. The van der Waals surface area contributed by atoms with Crippen molar-refractivity contribution in [3.8, 4) is 0 Å². The van der Waals surface area contributed by atoms with Crippen LogP contribution in [0.5, 0.6) is 0 Å². The van der Waals surface area contributed by atoms with Crippen LogP contribution < -0.4 is 4.90 Å². The number of carbonyl (C=O) groups is 1. The summed E-state index contributed by atoms with van der Waals surface area (Å²) in [6.45, 7) is 4.17. The van der Waals surface area contributed by atoms with Crippen LogP contribution in [0.25, 0.3) is 0 Å². The van der Waals surface area contributed by atoms with Gasteiger partial charge in [0.15, 0.2) is 14.6 Å². The quantitative estimate of drug-likeness (QED) is 0.764. The summed E-state index contributed by atoms with van der Waals surface area (Å²) < 4.78 is 25.1. The Morgan fingerprint density at radius 2 is 1.57 bits per heavy atom. The van der Waals surface area contributed by atoms with Crippen LogP contribution in [0.2, 0.25) is 5.02 Å². The third-order valence-electron chi connectivity index (χ3n) is 5.70. The van der Waals surface area contributed by atoms with Gasteiger partial charge in [-0.05, 0) is 44.0 Å². The van der Waals surface area contributed by atoms with E-state index in [1.165, 1.54) is 0 Å². The molecule has 0 aromatic heterocycles. The first-order chi connectivity index (χ1) is 13.3. The molecule has 0 radical (unpaired) electrons. The van der Waals surface area contributed by atoms with E-state index in [0.29, 0.717) is 44.0 Å². The highest BCUT2D eigenvalue weighted by atomic mass is 35.5. The van der Waals surface area contributed by atoms with E-state index in [4.69, 9.17) is 11.6 Å². The van der Waals surface area contributed by atoms with E-state index in [0.717, 1.165) is 11.3 Å². The average Bonchev–Trinajstić information content (AvgIpc) is 3.51. The standard InChI is InChI=1S/C21H23ClN2O3S/c1-16-6-8-17(9-7-16)28(26,27)21(10-11-21)20(25)24-14-12-23(13-15-24)19-5-3-2-4-18(19)22/h2-9H,10-15H2,1H3. The van der Waals surface area contributed by atoms with Gasteiger partial charge in [0.1, 0.15) is 0 Å². The van der Waals surface area contributed by atoms with Crippen LogP contribution in [0.4, 0.5) is 5.69 Å². The lowest BCUT2D eigenvalue weighted by molar-refractivity contribution is -0.131. The average molecular weight is 419 g/mol. The van der Waals surface area contributed by atoms with Crippen LogP contribution in [-0.2, 0) is 14.6 Å². The Morgan fingerprint density at radius 1 is 0.964 bits per heavy atom. The first-order valence-corrected chi connectivity index (χ1v) is 11.3. The lowest BCUT2D eigenvalue weighted by Crippen LogP contribution is -2.53. The molecule has 2 aromatic carbocycles. The Kier molecular flexibility index (Phi) is 4.88. The van der Waals surface area contributed by atoms with Gasteiger partial charge in [-0.25, -0.2) is 8.42 Å². The van der Waals surface area contributed by atoms with Crippen LogP contribution in [0, 0.1) is 6.92 Å². The van der Waals surface area contributed by atoms with Crippen molar-refractivity contribution in [1.29, 1.82) is 0 Å². The Morgan fingerprint density at radius 3 is 2.14 bits per heavy atom. The van der Waals surface area contributed by atoms with E-state index < -0.39 is 14.6 Å². The van der Waals surface area contributed by atoms with Gasteiger partial charge in [0.2, 0.25) is 5.91 Å². The molecule has 1 amide bonds. The highest BCUT2D eigenvalue weighted by Crippen LogP contribution is 2.48. The Balaban J connectivity index is 1.49. The molecular weight excluding hydrogens is 396 g/mol. The molecule has 148 valence electrons. The summed E-state index contributed by atoms with van der Waals surface area (Å²) in [7, 11) is -3.69. The fourth-order valence-corrected chi connectivity index (χ4v) is 6.00. The molecule has 1 saturated carbocycles. The molecule has 0 unspecified atom stereocenters. The molecule has 2 aliphatic rings. The number of halogens is 1. The summed E-state index contributed by atoms with van der Waals surface area (Å²) in [5.41, 5.74) is 1.94. The summed E-state index contributed by atoms with van der Waals surface area (Å²) in [4.78, 5) is 17.3. The predicted molar refractivity (Wildman–Crippen MR) is 111 cm³/mol. The van der Waals surface area contributed by atoms with Gasteiger partial charge in [0, 0.05) is 26.2 Å². The fraction of sp³-hybridized carbons (Fsp3) is 0.381. The molecule has 0 N–H and O–H groups in total. The topological polar surface area (TPSA) is 57.7 Å². The minimum absolute atomic E-state index is 0.235.